The van der Waals surface area contributed by atoms with Crippen LogP contribution >= 0.6 is 15.9 Å². The molecule has 3 rings (SSSR count). The van der Waals surface area contributed by atoms with E-state index in [-0.39, 0.29) is 12.5 Å². The molecular formula is C24H27BrN4O6. The summed E-state index contributed by atoms with van der Waals surface area (Å²) in [5, 5.41) is 6.42. The molecule has 1 aliphatic heterocycles. The van der Waals surface area contributed by atoms with E-state index in [1.807, 2.05) is 19.9 Å². The van der Waals surface area contributed by atoms with Crippen molar-refractivity contribution in [2.75, 3.05) is 45.3 Å². The highest BCUT2D eigenvalue weighted by atomic mass is 79.9. The first-order valence-corrected chi connectivity index (χ1v) is 11.7. The highest BCUT2D eigenvalue weighted by Gasteiger charge is 2.19. The predicted molar refractivity (Wildman–Crippen MR) is 134 cm³/mol. The summed E-state index contributed by atoms with van der Waals surface area (Å²) in [6.45, 7) is 5.72. The number of methoxy groups -OCH3 is 1. The van der Waals surface area contributed by atoms with Gasteiger partial charge in [0.25, 0.3) is 5.91 Å². The lowest BCUT2D eigenvalue weighted by molar-refractivity contribution is -0.137. The Morgan fingerprint density at radius 1 is 1.17 bits per heavy atom. The van der Waals surface area contributed by atoms with Crippen LogP contribution < -0.4 is 20.2 Å². The lowest BCUT2D eigenvalue weighted by Crippen LogP contribution is -2.43. The van der Waals surface area contributed by atoms with Crippen LogP contribution in [0.3, 0.4) is 0 Å². The summed E-state index contributed by atoms with van der Waals surface area (Å²) in [7, 11) is 1.47. The smallest absolute Gasteiger partial charge is 0.329 e. The van der Waals surface area contributed by atoms with Crippen LogP contribution in [0.25, 0.3) is 0 Å². The second-order valence-corrected chi connectivity index (χ2v) is 8.57. The van der Waals surface area contributed by atoms with Gasteiger partial charge in [0.2, 0.25) is 0 Å². The number of nitrogens with one attached hydrogen (secondary N) is 2. The number of halogens is 1. The Kier molecular flexibility index (Phi) is 9.21. The highest BCUT2D eigenvalue weighted by molar-refractivity contribution is 9.10. The molecule has 0 atom stereocenters. The normalized spacial score (nSPS) is 13.4. The van der Waals surface area contributed by atoms with Crippen molar-refractivity contribution in [1.29, 1.82) is 0 Å². The topological polar surface area (TPSA) is 119 Å². The van der Waals surface area contributed by atoms with Crippen molar-refractivity contribution in [3.8, 4) is 11.5 Å². The predicted octanol–water partition coefficient (Wildman–Crippen LogP) is 2.40. The maximum absolute atomic E-state index is 12.4. The van der Waals surface area contributed by atoms with E-state index in [1.165, 1.54) is 13.3 Å². The Hall–Kier alpha value is -3.44. The number of carbonyl (C=O) groups is 3. The molecule has 2 N–H and O–H groups in total. The van der Waals surface area contributed by atoms with Gasteiger partial charge in [0.15, 0.2) is 18.1 Å². The molecule has 0 bridgehead atoms. The van der Waals surface area contributed by atoms with Crippen molar-refractivity contribution >= 4 is 45.6 Å². The minimum atomic E-state index is -0.908. The molecule has 0 unspecified atom stereocenters. The largest absolute Gasteiger partial charge is 0.493 e. The monoisotopic (exact) mass is 546 g/mol. The fraction of sp³-hybridized carbons (Fsp3) is 0.333. The Morgan fingerprint density at radius 2 is 1.91 bits per heavy atom. The molecule has 2 aromatic rings. The van der Waals surface area contributed by atoms with Crippen molar-refractivity contribution in [3.05, 3.63) is 51.5 Å². The standard InChI is InChI=1S/C24H27BrN4O6/c1-15-5-4-6-19(16(15)2)27-23(31)24(32)28-26-13-17-11-18(25)22(20(12-17)33-3)35-14-21(30)29-7-9-34-10-8-29/h4-6,11-13H,7-10,14H2,1-3H3,(H,27,31)(H,28,32)/b26-13-. The third kappa shape index (κ3) is 7.03. The van der Waals surface area contributed by atoms with Crippen LogP contribution in [-0.2, 0) is 19.1 Å². The van der Waals surface area contributed by atoms with E-state index >= 15 is 0 Å². The van der Waals surface area contributed by atoms with Crippen molar-refractivity contribution < 1.29 is 28.6 Å². The van der Waals surface area contributed by atoms with Crippen molar-refractivity contribution in [3.63, 3.8) is 0 Å². The molecule has 3 amide bonds. The number of amides is 3. The number of ether oxygens (including phenoxy) is 3. The zero-order valence-corrected chi connectivity index (χ0v) is 21.3. The number of carbonyl (C=O) groups excluding carboxylic acids is 3. The van der Waals surface area contributed by atoms with E-state index in [2.05, 4.69) is 31.8 Å². The van der Waals surface area contributed by atoms with Crippen molar-refractivity contribution in [2.45, 2.75) is 13.8 Å². The number of hydrogen-bond acceptors (Lipinski definition) is 7. The molecule has 35 heavy (non-hydrogen) atoms. The van der Waals surface area contributed by atoms with Gasteiger partial charge in [0, 0.05) is 18.8 Å². The molecule has 1 heterocycles. The van der Waals surface area contributed by atoms with Crippen LogP contribution in [0, 0.1) is 13.8 Å². The van der Waals surface area contributed by atoms with Gasteiger partial charge in [-0.2, -0.15) is 5.10 Å². The second kappa shape index (κ2) is 12.3. The first kappa shape index (κ1) is 26.2. The van der Waals surface area contributed by atoms with Gasteiger partial charge < -0.3 is 24.4 Å². The number of hydrogen-bond donors (Lipinski definition) is 2. The van der Waals surface area contributed by atoms with Gasteiger partial charge in [-0.1, -0.05) is 12.1 Å². The fourth-order valence-electron chi connectivity index (χ4n) is 3.27. The Bertz CT molecular complexity index is 1130. The van der Waals surface area contributed by atoms with Crippen molar-refractivity contribution in [2.24, 2.45) is 5.10 Å². The second-order valence-electron chi connectivity index (χ2n) is 7.72. The van der Waals surface area contributed by atoms with E-state index in [9.17, 15) is 14.4 Å². The molecule has 2 aromatic carbocycles. The number of aryl methyl sites for hydroxylation is 1. The molecule has 0 aliphatic carbocycles. The molecule has 1 fully saturated rings. The highest BCUT2D eigenvalue weighted by Crippen LogP contribution is 2.36. The molecular weight excluding hydrogens is 520 g/mol. The van der Waals surface area contributed by atoms with E-state index in [1.54, 1.807) is 29.2 Å². The maximum Gasteiger partial charge on any atom is 0.329 e. The van der Waals surface area contributed by atoms with Crippen LogP contribution in [0.15, 0.2) is 39.9 Å². The molecule has 186 valence electrons. The summed E-state index contributed by atoms with van der Waals surface area (Å²) >= 11 is 3.42. The summed E-state index contributed by atoms with van der Waals surface area (Å²) in [6, 6.07) is 8.75. The molecule has 0 radical (unpaired) electrons. The number of hydrazone groups is 1. The van der Waals surface area contributed by atoms with Gasteiger partial charge in [-0.15, -0.1) is 0 Å². The van der Waals surface area contributed by atoms with Crippen LogP contribution in [0.1, 0.15) is 16.7 Å². The molecule has 11 heteroatoms. The third-order valence-electron chi connectivity index (χ3n) is 5.39. The molecule has 10 nitrogen and oxygen atoms in total. The van der Waals surface area contributed by atoms with Gasteiger partial charge in [0.1, 0.15) is 0 Å². The Balaban J connectivity index is 1.59. The van der Waals surface area contributed by atoms with Gasteiger partial charge in [-0.05, 0) is 64.7 Å². The SMILES string of the molecule is COc1cc(/C=N\NC(=O)C(=O)Nc2cccc(C)c2C)cc(Br)c1OCC(=O)N1CCOCC1. The van der Waals surface area contributed by atoms with Crippen LogP contribution in [0.4, 0.5) is 5.69 Å². The zero-order chi connectivity index (χ0) is 25.4. The molecule has 1 saturated heterocycles. The van der Waals surface area contributed by atoms with E-state index < -0.39 is 11.8 Å². The minimum absolute atomic E-state index is 0.144. The summed E-state index contributed by atoms with van der Waals surface area (Å²) in [5.74, 6) is -1.15. The third-order valence-corrected chi connectivity index (χ3v) is 5.98. The van der Waals surface area contributed by atoms with Gasteiger partial charge in [-0.25, -0.2) is 5.43 Å². The molecule has 0 aromatic heterocycles. The van der Waals surface area contributed by atoms with E-state index in [0.29, 0.717) is 53.5 Å². The summed E-state index contributed by atoms with van der Waals surface area (Å²) in [6.07, 6.45) is 1.36. The summed E-state index contributed by atoms with van der Waals surface area (Å²) in [5.41, 5.74) is 5.21. The first-order chi connectivity index (χ1) is 16.8. The zero-order valence-electron chi connectivity index (χ0n) is 19.7. The van der Waals surface area contributed by atoms with Crippen LogP contribution in [0.2, 0.25) is 0 Å². The van der Waals surface area contributed by atoms with Gasteiger partial charge in [-0.3, -0.25) is 14.4 Å². The number of anilines is 1. The quantitative estimate of drug-likeness (QED) is 0.312. The fourth-order valence-corrected chi connectivity index (χ4v) is 3.85. The maximum atomic E-state index is 12.4. The molecule has 1 aliphatic rings. The lowest BCUT2D eigenvalue weighted by Gasteiger charge is -2.26. The molecule has 0 spiro atoms. The number of morpholine rings is 1. The minimum Gasteiger partial charge on any atom is -0.493 e. The Labute approximate surface area is 211 Å². The number of benzene rings is 2. The van der Waals surface area contributed by atoms with E-state index in [0.717, 1.165) is 11.1 Å². The summed E-state index contributed by atoms with van der Waals surface area (Å²) in [4.78, 5) is 38.3. The lowest BCUT2D eigenvalue weighted by atomic mass is 10.1. The average molecular weight is 547 g/mol. The van der Waals surface area contributed by atoms with Crippen molar-refractivity contribution in [1.82, 2.24) is 10.3 Å². The van der Waals surface area contributed by atoms with Gasteiger partial charge in [0.05, 0.1) is 31.0 Å². The number of nitrogens with zero attached hydrogens (tertiary/aromatic N) is 2. The number of rotatable bonds is 7. The van der Waals surface area contributed by atoms with E-state index in [4.69, 9.17) is 14.2 Å². The summed E-state index contributed by atoms with van der Waals surface area (Å²) < 4.78 is 16.9. The Morgan fingerprint density at radius 3 is 2.63 bits per heavy atom. The van der Waals surface area contributed by atoms with Crippen LogP contribution in [0.5, 0.6) is 11.5 Å². The van der Waals surface area contributed by atoms with Gasteiger partial charge >= 0.3 is 11.8 Å². The molecule has 0 saturated carbocycles. The first-order valence-electron chi connectivity index (χ1n) is 10.9. The average Bonchev–Trinajstić information content (AvgIpc) is 2.86. The van der Waals surface area contributed by atoms with Crippen LogP contribution in [-0.4, -0.2) is 68.9 Å².